The van der Waals surface area contributed by atoms with Gasteiger partial charge in [0.1, 0.15) is 15.8 Å². The number of halogens is 2. The van der Waals surface area contributed by atoms with Crippen LogP contribution in [-0.4, -0.2) is 36.1 Å². The fourth-order valence-corrected chi connectivity index (χ4v) is 5.60. The quantitative estimate of drug-likeness (QED) is 0.758. The molecule has 2 aliphatic rings. The van der Waals surface area contributed by atoms with Gasteiger partial charge < -0.3 is 0 Å². The summed E-state index contributed by atoms with van der Waals surface area (Å²) < 4.78 is 27.3. The average Bonchev–Trinajstić information content (AvgIpc) is 3.00. The van der Waals surface area contributed by atoms with Crippen LogP contribution in [0, 0.1) is 5.92 Å². The van der Waals surface area contributed by atoms with E-state index < -0.39 is 10.0 Å². The van der Waals surface area contributed by atoms with E-state index in [4.69, 9.17) is 23.2 Å². The monoisotopic (exact) mass is 376 g/mol. The van der Waals surface area contributed by atoms with Crippen LogP contribution in [0.15, 0.2) is 17.2 Å². The largest absolute Gasteiger partial charge is 0.299 e. The molecule has 1 aromatic heterocycles. The lowest BCUT2D eigenvalue weighted by molar-refractivity contribution is -0.126. The van der Waals surface area contributed by atoms with Crippen molar-refractivity contribution in [2.24, 2.45) is 5.92 Å². The lowest BCUT2D eigenvalue weighted by atomic mass is 9.82. The van der Waals surface area contributed by atoms with Crippen molar-refractivity contribution < 1.29 is 13.2 Å². The maximum absolute atomic E-state index is 12.9. The second kappa shape index (κ2) is 6.67. The number of nitrogens with zero attached hydrogens (tertiary/aromatic N) is 2. The summed E-state index contributed by atoms with van der Waals surface area (Å²) in [6, 6.07) is 1.08. The number of aromatic nitrogens is 1. The second-order valence-electron chi connectivity index (χ2n) is 6.09. The van der Waals surface area contributed by atoms with Gasteiger partial charge in [-0.2, -0.15) is 4.31 Å². The fraction of sp³-hybridized carbons (Fsp3) is 0.600. The molecule has 2 atom stereocenters. The van der Waals surface area contributed by atoms with Crippen molar-refractivity contribution in [1.29, 1.82) is 0 Å². The molecule has 2 fully saturated rings. The molecule has 1 saturated carbocycles. The average molecular weight is 377 g/mol. The first kappa shape index (κ1) is 17.1. The van der Waals surface area contributed by atoms with E-state index in [9.17, 15) is 13.2 Å². The van der Waals surface area contributed by atoms with Crippen LogP contribution in [0.25, 0.3) is 0 Å². The third-order valence-corrected chi connectivity index (χ3v) is 7.27. The minimum Gasteiger partial charge on any atom is -0.299 e. The molecule has 0 amide bonds. The molecule has 3 rings (SSSR count). The smallest absolute Gasteiger partial charge is 0.244 e. The molecule has 2 heterocycles. The third-order valence-electron chi connectivity index (χ3n) is 4.69. The van der Waals surface area contributed by atoms with Crippen molar-refractivity contribution in [1.82, 2.24) is 9.29 Å². The Kier molecular flexibility index (Phi) is 4.97. The predicted octanol–water partition coefficient (Wildman–Crippen LogP) is 3.30. The molecular formula is C15H18Cl2N2O3S. The van der Waals surface area contributed by atoms with Gasteiger partial charge in [0.2, 0.25) is 10.0 Å². The fourth-order valence-electron chi connectivity index (χ4n) is 3.56. The summed E-state index contributed by atoms with van der Waals surface area (Å²) in [5, 5.41) is 0.184. The highest BCUT2D eigenvalue weighted by Crippen LogP contribution is 2.36. The van der Waals surface area contributed by atoms with Crippen molar-refractivity contribution in [3.05, 3.63) is 22.4 Å². The number of pyridine rings is 1. The van der Waals surface area contributed by atoms with Gasteiger partial charge in [-0.25, -0.2) is 13.4 Å². The maximum atomic E-state index is 12.9. The van der Waals surface area contributed by atoms with Gasteiger partial charge in [0.15, 0.2) is 0 Å². The first-order valence-corrected chi connectivity index (χ1v) is 9.96. The van der Waals surface area contributed by atoms with Crippen LogP contribution >= 0.6 is 23.2 Å². The molecule has 0 unspecified atom stereocenters. The number of ketones is 1. The van der Waals surface area contributed by atoms with E-state index in [0.29, 0.717) is 13.0 Å². The van der Waals surface area contributed by atoms with Gasteiger partial charge in [0.05, 0.1) is 5.02 Å². The van der Waals surface area contributed by atoms with Gasteiger partial charge in [-0.15, -0.1) is 0 Å². The molecule has 1 saturated heterocycles. The van der Waals surface area contributed by atoms with Crippen LogP contribution in [0.1, 0.15) is 38.5 Å². The summed E-state index contributed by atoms with van der Waals surface area (Å²) in [6.45, 7) is 0.428. The Hall–Kier alpha value is -0.690. The normalized spacial score (nSPS) is 26.6. The van der Waals surface area contributed by atoms with Crippen LogP contribution in [0.4, 0.5) is 0 Å². The van der Waals surface area contributed by atoms with Gasteiger partial charge >= 0.3 is 0 Å². The van der Waals surface area contributed by atoms with E-state index in [1.54, 1.807) is 0 Å². The van der Waals surface area contributed by atoms with Crippen LogP contribution in [0.5, 0.6) is 0 Å². The summed E-state index contributed by atoms with van der Waals surface area (Å²) in [5.74, 6) is 0.00682. The lowest BCUT2D eigenvalue weighted by Crippen LogP contribution is -2.43. The number of sulfonamides is 1. The van der Waals surface area contributed by atoms with Crippen molar-refractivity contribution in [3.8, 4) is 0 Å². The standard InChI is InChI=1S/C15H18Cl2N2O3S/c16-12-8-10(9-18-15(12)17)23(21,22)19-7-3-5-13(19)11-4-1-2-6-14(11)20/h8-9,11,13H,1-7H2/t11-,13+/m0/s1. The lowest BCUT2D eigenvalue weighted by Gasteiger charge is -2.32. The molecule has 0 spiro atoms. The van der Waals surface area contributed by atoms with Gasteiger partial charge in [-0.05, 0) is 31.7 Å². The third kappa shape index (κ3) is 3.27. The molecule has 5 nitrogen and oxygen atoms in total. The Labute approximate surface area is 146 Å². The number of carbonyl (C=O) groups excluding carboxylic acids is 1. The van der Waals surface area contributed by atoms with Crippen LogP contribution in [0.3, 0.4) is 0 Å². The van der Waals surface area contributed by atoms with Gasteiger partial charge in [0, 0.05) is 31.1 Å². The molecule has 1 aliphatic carbocycles. The minimum absolute atomic E-state index is 0.0297. The maximum Gasteiger partial charge on any atom is 0.244 e. The molecule has 0 bridgehead atoms. The number of Topliss-reactive ketones (excluding diaryl/α,β-unsaturated/α-hetero) is 1. The van der Waals surface area contributed by atoms with Crippen molar-refractivity contribution >= 4 is 39.0 Å². The Bertz CT molecular complexity index is 723. The highest BCUT2D eigenvalue weighted by atomic mass is 35.5. The highest BCUT2D eigenvalue weighted by molar-refractivity contribution is 7.89. The zero-order chi connectivity index (χ0) is 16.6. The number of hydrogen-bond donors (Lipinski definition) is 0. The number of carbonyl (C=O) groups is 1. The zero-order valence-electron chi connectivity index (χ0n) is 12.5. The van der Waals surface area contributed by atoms with E-state index in [-0.39, 0.29) is 32.8 Å². The summed E-state index contributed by atoms with van der Waals surface area (Å²) in [6.07, 6.45) is 5.94. The Morgan fingerprint density at radius 1 is 1.17 bits per heavy atom. The molecule has 0 aromatic carbocycles. The molecule has 1 aliphatic heterocycles. The van der Waals surface area contributed by atoms with E-state index >= 15 is 0 Å². The van der Waals surface area contributed by atoms with Crippen LogP contribution < -0.4 is 0 Å². The van der Waals surface area contributed by atoms with Crippen molar-refractivity contribution in [2.75, 3.05) is 6.54 Å². The molecule has 23 heavy (non-hydrogen) atoms. The summed E-state index contributed by atoms with van der Waals surface area (Å²) >= 11 is 11.7. The number of hydrogen-bond acceptors (Lipinski definition) is 4. The second-order valence-corrected chi connectivity index (χ2v) is 8.74. The molecule has 0 radical (unpaired) electrons. The van der Waals surface area contributed by atoms with E-state index in [2.05, 4.69) is 4.98 Å². The molecular weight excluding hydrogens is 359 g/mol. The molecule has 0 N–H and O–H groups in total. The van der Waals surface area contributed by atoms with E-state index in [1.807, 2.05) is 0 Å². The van der Waals surface area contributed by atoms with Gasteiger partial charge in [-0.3, -0.25) is 4.79 Å². The first-order chi connectivity index (χ1) is 10.9. The predicted molar refractivity (Wildman–Crippen MR) is 88.1 cm³/mol. The summed E-state index contributed by atoms with van der Waals surface area (Å²) in [4.78, 5) is 16.1. The minimum atomic E-state index is -3.72. The van der Waals surface area contributed by atoms with Gasteiger partial charge in [-0.1, -0.05) is 29.6 Å². The van der Waals surface area contributed by atoms with Crippen LogP contribution in [0.2, 0.25) is 10.2 Å². The summed E-state index contributed by atoms with van der Waals surface area (Å²) in [7, 11) is -3.72. The Balaban J connectivity index is 1.91. The summed E-state index contributed by atoms with van der Waals surface area (Å²) in [5.41, 5.74) is 0. The highest BCUT2D eigenvalue weighted by Gasteiger charge is 2.42. The Morgan fingerprint density at radius 2 is 1.96 bits per heavy atom. The molecule has 8 heteroatoms. The van der Waals surface area contributed by atoms with Crippen molar-refractivity contribution in [3.63, 3.8) is 0 Å². The SMILES string of the molecule is O=C1CCCC[C@H]1[C@H]1CCCN1S(=O)(=O)c1cnc(Cl)c(Cl)c1. The Morgan fingerprint density at radius 3 is 2.65 bits per heavy atom. The zero-order valence-corrected chi connectivity index (χ0v) is 14.9. The topological polar surface area (TPSA) is 67.3 Å². The van der Waals surface area contributed by atoms with Crippen molar-refractivity contribution in [2.45, 2.75) is 49.5 Å². The first-order valence-electron chi connectivity index (χ1n) is 7.77. The molecule has 126 valence electrons. The van der Waals surface area contributed by atoms with Gasteiger partial charge in [0.25, 0.3) is 0 Å². The van der Waals surface area contributed by atoms with Crippen LogP contribution in [-0.2, 0) is 14.8 Å². The molecule has 1 aromatic rings. The van der Waals surface area contributed by atoms with E-state index in [0.717, 1.165) is 32.1 Å². The number of rotatable bonds is 3. The van der Waals surface area contributed by atoms with E-state index in [1.165, 1.54) is 16.6 Å².